The first-order chi connectivity index (χ1) is 9.11. The minimum atomic E-state index is -0.758. The van der Waals surface area contributed by atoms with E-state index in [1.807, 2.05) is 0 Å². The Balaban J connectivity index is 2.17. The summed E-state index contributed by atoms with van der Waals surface area (Å²) in [5, 5.41) is 11.7. The van der Waals surface area contributed by atoms with Gasteiger partial charge in [0.1, 0.15) is 0 Å². The molecule has 0 bridgehead atoms. The molecular formula is C15H27NO3. The van der Waals surface area contributed by atoms with E-state index in [-0.39, 0.29) is 17.7 Å². The average molecular weight is 269 g/mol. The summed E-state index contributed by atoms with van der Waals surface area (Å²) in [5.74, 6) is -0.730. The van der Waals surface area contributed by atoms with Gasteiger partial charge in [-0.3, -0.25) is 9.59 Å². The molecule has 0 spiro atoms. The second-order valence-corrected chi connectivity index (χ2v) is 5.71. The molecule has 1 unspecified atom stereocenters. The highest BCUT2D eigenvalue weighted by Crippen LogP contribution is 2.22. The van der Waals surface area contributed by atoms with Gasteiger partial charge in [0, 0.05) is 12.5 Å². The summed E-state index contributed by atoms with van der Waals surface area (Å²) in [6, 6.07) is 0. The molecule has 1 fully saturated rings. The number of carbonyl (C=O) groups excluding carboxylic acids is 1. The predicted molar refractivity (Wildman–Crippen MR) is 74.9 cm³/mol. The zero-order valence-electron chi connectivity index (χ0n) is 12.0. The number of amides is 1. The molecule has 0 radical (unpaired) electrons. The van der Waals surface area contributed by atoms with E-state index in [9.17, 15) is 9.59 Å². The Morgan fingerprint density at radius 2 is 1.74 bits per heavy atom. The summed E-state index contributed by atoms with van der Waals surface area (Å²) in [6.45, 7) is 2.31. The minimum absolute atomic E-state index is 0.171. The van der Waals surface area contributed by atoms with Crippen LogP contribution in [0.2, 0.25) is 0 Å². The molecule has 4 heteroatoms. The van der Waals surface area contributed by atoms with Gasteiger partial charge >= 0.3 is 5.97 Å². The Hall–Kier alpha value is -1.06. The predicted octanol–water partition coefficient (Wildman–Crippen LogP) is 2.96. The van der Waals surface area contributed by atoms with Gasteiger partial charge in [-0.15, -0.1) is 0 Å². The number of hydrogen-bond donors (Lipinski definition) is 2. The summed E-state index contributed by atoms with van der Waals surface area (Å²) in [5.41, 5.74) is 0. The number of aliphatic carboxylic acids is 1. The van der Waals surface area contributed by atoms with Crippen molar-refractivity contribution >= 4 is 11.9 Å². The molecule has 1 rings (SSSR count). The maximum Gasteiger partial charge on any atom is 0.306 e. The molecule has 1 amide bonds. The molecule has 0 saturated heterocycles. The van der Waals surface area contributed by atoms with Crippen molar-refractivity contribution in [2.75, 3.05) is 6.54 Å². The highest BCUT2D eigenvalue weighted by molar-refractivity contribution is 5.78. The first-order valence-corrected chi connectivity index (χ1v) is 7.61. The second kappa shape index (κ2) is 8.94. The highest BCUT2D eigenvalue weighted by Gasteiger charge is 2.19. The van der Waals surface area contributed by atoms with Crippen LogP contribution in [0.4, 0.5) is 0 Å². The summed E-state index contributed by atoms with van der Waals surface area (Å²) >= 11 is 0. The van der Waals surface area contributed by atoms with Gasteiger partial charge in [0.2, 0.25) is 5.91 Å². The molecule has 1 aliphatic carbocycles. The molecule has 0 heterocycles. The topological polar surface area (TPSA) is 66.4 Å². The monoisotopic (exact) mass is 269 g/mol. The van der Waals surface area contributed by atoms with Crippen LogP contribution in [-0.4, -0.2) is 23.5 Å². The molecule has 1 atom stereocenters. The number of nitrogens with one attached hydrogen (secondary N) is 1. The number of rotatable bonds is 6. The fourth-order valence-corrected chi connectivity index (χ4v) is 2.61. The molecule has 0 aromatic carbocycles. The fraction of sp³-hybridized carbons (Fsp3) is 0.867. The van der Waals surface area contributed by atoms with Crippen LogP contribution in [0.15, 0.2) is 0 Å². The summed E-state index contributed by atoms with van der Waals surface area (Å²) in [6.07, 6.45) is 9.52. The molecule has 2 N–H and O–H groups in total. The van der Waals surface area contributed by atoms with Crippen LogP contribution < -0.4 is 5.32 Å². The van der Waals surface area contributed by atoms with Crippen molar-refractivity contribution in [3.63, 3.8) is 0 Å². The van der Waals surface area contributed by atoms with Gasteiger partial charge in [-0.1, -0.05) is 39.0 Å². The number of hydrogen-bond acceptors (Lipinski definition) is 2. The lowest BCUT2D eigenvalue weighted by atomic mass is 9.90. The van der Waals surface area contributed by atoms with Gasteiger partial charge in [0.15, 0.2) is 0 Å². The van der Waals surface area contributed by atoms with E-state index in [4.69, 9.17) is 5.11 Å². The lowest BCUT2D eigenvalue weighted by Crippen LogP contribution is -2.32. The Morgan fingerprint density at radius 1 is 1.16 bits per heavy atom. The van der Waals surface area contributed by atoms with Gasteiger partial charge in [0.25, 0.3) is 0 Å². The van der Waals surface area contributed by atoms with Crippen LogP contribution in [0.3, 0.4) is 0 Å². The zero-order valence-corrected chi connectivity index (χ0v) is 12.0. The largest absolute Gasteiger partial charge is 0.481 e. The van der Waals surface area contributed by atoms with Crippen molar-refractivity contribution in [1.29, 1.82) is 0 Å². The lowest BCUT2D eigenvalue weighted by molar-refractivity contribution is -0.141. The van der Waals surface area contributed by atoms with E-state index >= 15 is 0 Å². The van der Waals surface area contributed by atoms with E-state index < -0.39 is 5.97 Å². The molecule has 0 aromatic rings. The van der Waals surface area contributed by atoms with Crippen LogP contribution in [0.5, 0.6) is 0 Å². The standard InChI is InChI=1S/C15H27NO3/c1-12(15(18)19)8-7-11-16-14(17)13-9-5-3-2-4-6-10-13/h12-13H,2-11H2,1H3,(H,16,17)(H,18,19). The normalized spacial score (nSPS) is 19.2. The molecule has 110 valence electrons. The van der Waals surface area contributed by atoms with Crippen molar-refractivity contribution in [2.45, 2.75) is 64.7 Å². The van der Waals surface area contributed by atoms with Gasteiger partial charge in [-0.05, 0) is 25.7 Å². The van der Waals surface area contributed by atoms with Crippen LogP contribution in [0.25, 0.3) is 0 Å². The molecular weight excluding hydrogens is 242 g/mol. The van der Waals surface area contributed by atoms with Crippen molar-refractivity contribution in [1.82, 2.24) is 5.32 Å². The second-order valence-electron chi connectivity index (χ2n) is 5.71. The number of carboxylic acid groups (broad SMARTS) is 1. The summed E-state index contributed by atoms with van der Waals surface area (Å²) < 4.78 is 0. The van der Waals surface area contributed by atoms with Gasteiger partial charge in [-0.2, -0.15) is 0 Å². The summed E-state index contributed by atoms with van der Waals surface area (Å²) in [4.78, 5) is 22.7. The molecule has 4 nitrogen and oxygen atoms in total. The zero-order chi connectivity index (χ0) is 14.1. The minimum Gasteiger partial charge on any atom is -0.481 e. The quantitative estimate of drug-likeness (QED) is 0.728. The maximum absolute atomic E-state index is 12.0. The molecule has 0 aliphatic heterocycles. The number of carboxylic acids is 1. The highest BCUT2D eigenvalue weighted by atomic mass is 16.4. The van der Waals surface area contributed by atoms with E-state index in [1.165, 1.54) is 19.3 Å². The summed E-state index contributed by atoms with van der Waals surface area (Å²) in [7, 11) is 0. The van der Waals surface area contributed by atoms with Crippen molar-refractivity contribution < 1.29 is 14.7 Å². The van der Waals surface area contributed by atoms with Crippen LogP contribution >= 0.6 is 0 Å². The lowest BCUT2D eigenvalue weighted by Gasteiger charge is -2.19. The smallest absolute Gasteiger partial charge is 0.306 e. The number of carbonyl (C=O) groups is 2. The third-order valence-corrected chi connectivity index (χ3v) is 4.01. The third-order valence-electron chi connectivity index (χ3n) is 4.01. The molecule has 1 saturated carbocycles. The Bertz CT molecular complexity index is 283. The first-order valence-electron chi connectivity index (χ1n) is 7.61. The average Bonchev–Trinajstić information content (AvgIpc) is 2.33. The van der Waals surface area contributed by atoms with Crippen molar-refractivity contribution in [3.8, 4) is 0 Å². The van der Waals surface area contributed by atoms with E-state index in [1.54, 1.807) is 6.92 Å². The Labute approximate surface area is 116 Å². The van der Waals surface area contributed by atoms with Gasteiger partial charge < -0.3 is 10.4 Å². The van der Waals surface area contributed by atoms with Crippen LogP contribution in [-0.2, 0) is 9.59 Å². The maximum atomic E-state index is 12.0. The van der Waals surface area contributed by atoms with E-state index in [0.717, 1.165) is 32.1 Å². The molecule has 0 aromatic heterocycles. The van der Waals surface area contributed by atoms with Crippen LogP contribution in [0, 0.1) is 11.8 Å². The van der Waals surface area contributed by atoms with Gasteiger partial charge in [0.05, 0.1) is 5.92 Å². The van der Waals surface area contributed by atoms with E-state index in [2.05, 4.69) is 5.32 Å². The first kappa shape index (κ1) is 16.0. The fourth-order valence-electron chi connectivity index (χ4n) is 2.61. The molecule has 19 heavy (non-hydrogen) atoms. The SMILES string of the molecule is CC(CCCNC(=O)C1CCCCCCC1)C(=O)O. The van der Waals surface area contributed by atoms with Crippen LogP contribution in [0.1, 0.15) is 64.7 Å². The van der Waals surface area contributed by atoms with Crippen molar-refractivity contribution in [3.05, 3.63) is 0 Å². The van der Waals surface area contributed by atoms with Gasteiger partial charge in [-0.25, -0.2) is 0 Å². The van der Waals surface area contributed by atoms with E-state index in [0.29, 0.717) is 13.0 Å². The Kier molecular flexibility index (Phi) is 7.53. The Morgan fingerprint density at radius 3 is 2.32 bits per heavy atom. The third kappa shape index (κ3) is 6.60. The van der Waals surface area contributed by atoms with Crippen molar-refractivity contribution in [2.24, 2.45) is 11.8 Å². The molecule has 1 aliphatic rings.